The van der Waals surface area contributed by atoms with E-state index >= 15 is 0 Å². The van der Waals surface area contributed by atoms with Crippen LogP contribution in [0.4, 0.5) is 0 Å². The first-order valence-corrected chi connectivity index (χ1v) is 5.80. The third kappa shape index (κ3) is 3.06. The molecule has 0 saturated carbocycles. The van der Waals surface area contributed by atoms with Gasteiger partial charge in [0, 0.05) is 18.7 Å². The lowest BCUT2D eigenvalue weighted by Gasteiger charge is -2.21. The van der Waals surface area contributed by atoms with Crippen molar-refractivity contribution >= 4 is 0 Å². The molecule has 15 heavy (non-hydrogen) atoms. The summed E-state index contributed by atoms with van der Waals surface area (Å²) < 4.78 is 1.99. The summed E-state index contributed by atoms with van der Waals surface area (Å²) in [4.78, 5) is 0. The monoisotopic (exact) mass is 210 g/mol. The summed E-state index contributed by atoms with van der Waals surface area (Å²) in [7, 11) is 0. The van der Waals surface area contributed by atoms with E-state index in [2.05, 4.69) is 25.0 Å². The standard InChI is InChI=1S/C12H22N2O/c1-5-10-8-11(14(7-3)13-10)9-12(4,15)6-2/h8,15H,5-7,9H2,1-4H3. The third-order valence-corrected chi connectivity index (χ3v) is 2.90. The van der Waals surface area contributed by atoms with Gasteiger partial charge in [0.1, 0.15) is 0 Å². The highest BCUT2D eigenvalue weighted by atomic mass is 16.3. The van der Waals surface area contributed by atoms with E-state index in [1.54, 1.807) is 0 Å². The molecule has 3 heteroatoms. The Hall–Kier alpha value is -0.830. The highest BCUT2D eigenvalue weighted by Crippen LogP contribution is 2.17. The van der Waals surface area contributed by atoms with Crippen LogP contribution in [0.3, 0.4) is 0 Å². The number of aliphatic hydroxyl groups is 1. The Kier molecular flexibility index (Phi) is 3.91. The average Bonchev–Trinajstić information content (AvgIpc) is 2.59. The molecule has 0 fully saturated rings. The highest BCUT2D eigenvalue weighted by Gasteiger charge is 2.20. The summed E-state index contributed by atoms with van der Waals surface area (Å²) in [6, 6.07) is 2.10. The second kappa shape index (κ2) is 4.79. The van der Waals surface area contributed by atoms with Crippen molar-refractivity contribution in [1.29, 1.82) is 0 Å². The Morgan fingerprint density at radius 2 is 2.07 bits per heavy atom. The molecule has 1 heterocycles. The van der Waals surface area contributed by atoms with Crippen molar-refractivity contribution in [3.63, 3.8) is 0 Å². The second-order valence-corrected chi connectivity index (χ2v) is 4.32. The zero-order chi connectivity index (χ0) is 11.5. The molecule has 0 aliphatic rings. The maximum atomic E-state index is 10.0. The van der Waals surface area contributed by atoms with E-state index in [0.717, 1.165) is 30.8 Å². The van der Waals surface area contributed by atoms with Crippen molar-refractivity contribution in [2.45, 2.75) is 59.1 Å². The molecule has 1 aromatic rings. The van der Waals surface area contributed by atoms with E-state index in [-0.39, 0.29) is 0 Å². The molecule has 1 unspecified atom stereocenters. The number of aromatic nitrogens is 2. The number of nitrogens with zero attached hydrogens (tertiary/aromatic N) is 2. The van der Waals surface area contributed by atoms with Crippen LogP contribution >= 0.6 is 0 Å². The molecule has 0 aliphatic heterocycles. The van der Waals surface area contributed by atoms with Crippen LogP contribution in [0.15, 0.2) is 6.07 Å². The fraction of sp³-hybridized carbons (Fsp3) is 0.750. The van der Waals surface area contributed by atoms with Crippen LogP contribution in [0.25, 0.3) is 0 Å². The van der Waals surface area contributed by atoms with Crippen LogP contribution in [-0.2, 0) is 19.4 Å². The predicted octanol–water partition coefficient (Wildman–Crippen LogP) is 2.17. The summed E-state index contributed by atoms with van der Waals surface area (Å²) >= 11 is 0. The molecule has 1 atom stereocenters. The van der Waals surface area contributed by atoms with Gasteiger partial charge in [-0.3, -0.25) is 4.68 Å². The summed E-state index contributed by atoms with van der Waals surface area (Å²) in [5.41, 5.74) is 1.64. The van der Waals surface area contributed by atoms with Crippen molar-refractivity contribution in [3.8, 4) is 0 Å². The van der Waals surface area contributed by atoms with Crippen molar-refractivity contribution in [2.24, 2.45) is 0 Å². The number of hydrogen-bond donors (Lipinski definition) is 1. The van der Waals surface area contributed by atoms with Gasteiger partial charge in [0.25, 0.3) is 0 Å². The van der Waals surface area contributed by atoms with Crippen molar-refractivity contribution < 1.29 is 5.11 Å². The zero-order valence-electron chi connectivity index (χ0n) is 10.2. The van der Waals surface area contributed by atoms with Gasteiger partial charge in [0.15, 0.2) is 0 Å². The molecule has 1 N–H and O–H groups in total. The lowest BCUT2D eigenvalue weighted by Crippen LogP contribution is -2.27. The van der Waals surface area contributed by atoms with Crippen LogP contribution in [0.5, 0.6) is 0 Å². The predicted molar refractivity (Wildman–Crippen MR) is 61.9 cm³/mol. The molecule has 0 aromatic carbocycles. The molecule has 0 aliphatic carbocycles. The van der Waals surface area contributed by atoms with Crippen LogP contribution in [-0.4, -0.2) is 20.5 Å². The van der Waals surface area contributed by atoms with Crippen molar-refractivity contribution in [1.82, 2.24) is 9.78 Å². The highest BCUT2D eigenvalue weighted by molar-refractivity contribution is 5.12. The maximum absolute atomic E-state index is 10.0. The van der Waals surface area contributed by atoms with E-state index in [4.69, 9.17) is 0 Å². The van der Waals surface area contributed by atoms with Gasteiger partial charge in [-0.25, -0.2) is 0 Å². The van der Waals surface area contributed by atoms with E-state index in [9.17, 15) is 5.11 Å². The van der Waals surface area contributed by atoms with E-state index in [1.807, 2.05) is 18.5 Å². The summed E-state index contributed by atoms with van der Waals surface area (Å²) in [6.07, 6.45) is 2.40. The molecule has 3 nitrogen and oxygen atoms in total. The quantitative estimate of drug-likeness (QED) is 0.808. The molecule has 0 spiro atoms. The van der Waals surface area contributed by atoms with E-state index in [0.29, 0.717) is 6.42 Å². The van der Waals surface area contributed by atoms with Crippen LogP contribution in [0.2, 0.25) is 0 Å². The fourth-order valence-electron chi connectivity index (χ4n) is 1.62. The minimum absolute atomic E-state index is 0.613. The van der Waals surface area contributed by atoms with Gasteiger partial charge in [-0.15, -0.1) is 0 Å². The van der Waals surface area contributed by atoms with Gasteiger partial charge in [-0.1, -0.05) is 13.8 Å². The fourth-order valence-corrected chi connectivity index (χ4v) is 1.62. The smallest absolute Gasteiger partial charge is 0.0672 e. The SMILES string of the molecule is CCc1cc(CC(C)(O)CC)n(CC)n1. The Labute approximate surface area is 92.1 Å². The zero-order valence-corrected chi connectivity index (χ0v) is 10.2. The molecular weight excluding hydrogens is 188 g/mol. The van der Waals surface area contributed by atoms with Gasteiger partial charge < -0.3 is 5.11 Å². The van der Waals surface area contributed by atoms with Crippen LogP contribution < -0.4 is 0 Å². The number of rotatable bonds is 5. The Balaban J connectivity index is 2.88. The molecule has 1 aromatic heterocycles. The first-order chi connectivity index (χ1) is 7.02. The molecule has 0 amide bonds. The lowest BCUT2D eigenvalue weighted by atomic mass is 9.97. The number of aryl methyl sites for hydroxylation is 2. The molecule has 0 bridgehead atoms. The summed E-state index contributed by atoms with van der Waals surface area (Å²) in [5, 5.41) is 14.5. The Bertz CT molecular complexity index is 315. The Morgan fingerprint density at radius 3 is 2.53 bits per heavy atom. The third-order valence-electron chi connectivity index (χ3n) is 2.90. The molecular formula is C12H22N2O. The largest absolute Gasteiger partial charge is 0.390 e. The van der Waals surface area contributed by atoms with Gasteiger partial charge >= 0.3 is 0 Å². The van der Waals surface area contributed by atoms with Crippen LogP contribution in [0, 0.1) is 0 Å². The lowest BCUT2D eigenvalue weighted by molar-refractivity contribution is 0.0543. The molecule has 1 rings (SSSR count). The molecule has 0 radical (unpaired) electrons. The van der Waals surface area contributed by atoms with Gasteiger partial charge in [-0.05, 0) is 32.8 Å². The van der Waals surface area contributed by atoms with Crippen molar-refractivity contribution in [3.05, 3.63) is 17.5 Å². The number of hydrogen-bond acceptors (Lipinski definition) is 2. The Morgan fingerprint density at radius 1 is 1.40 bits per heavy atom. The molecule has 0 saturated heterocycles. The minimum atomic E-state index is -0.613. The summed E-state index contributed by atoms with van der Waals surface area (Å²) in [6.45, 7) is 8.94. The van der Waals surface area contributed by atoms with Gasteiger partial charge in [-0.2, -0.15) is 5.10 Å². The first-order valence-electron chi connectivity index (χ1n) is 5.80. The average molecular weight is 210 g/mol. The van der Waals surface area contributed by atoms with Crippen LogP contribution in [0.1, 0.15) is 45.5 Å². The first kappa shape index (κ1) is 12.2. The normalized spacial score (nSPS) is 15.3. The topological polar surface area (TPSA) is 38.0 Å². The maximum Gasteiger partial charge on any atom is 0.0672 e. The minimum Gasteiger partial charge on any atom is -0.390 e. The summed E-state index contributed by atoms with van der Waals surface area (Å²) in [5.74, 6) is 0. The van der Waals surface area contributed by atoms with E-state index in [1.165, 1.54) is 0 Å². The second-order valence-electron chi connectivity index (χ2n) is 4.32. The van der Waals surface area contributed by atoms with Crippen molar-refractivity contribution in [2.75, 3.05) is 0 Å². The molecule has 86 valence electrons. The van der Waals surface area contributed by atoms with Gasteiger partial charge in [0.2, 0.25) is 0 Å². The van der Waals surface area contributed by atoms with E-state index < -0.39 is 5.60 Å². The van der Waals surface area contributed by atoms with Gasteiger partial charge in [0.05, 0.1) is 11.3 Å².